The molecule has 0 heterocycles. The zero-order valence-electron chi connectivity index (χ0n) is 12.4. The standard InChI is InChI=1S/C14H22BrN3O2/c1-10(2)7-12(9-17(3)4)16-13-8-11(15)5-6-14(13)18(19)20/h5-6,8,10,12,16H,7,9H2,1-4H3. The third kappa shape index (κ3) is 5.46. The first-order valence-corrected chi connectivity index (χ1v) is 7.44. The molecule has 1 N–H and O–H groups in total. The molecule has 0 aliphatic carbocycles. The minimum atomic E-state index is -0.350. The third-order valence-electron chi connectivity index (χ3n) is 2.86. The average molecular weight is 344 g/mol. The van der Waals surface area contributed by atoms with Crippen molar-refractivity contribution in [2.24, 2.45) is 5.92 Å². The van der Waals surface area contributed by atoms with E-state index in [4.69, 9.17) is 0 Å². The summed E-state index contributed by atoms with van der Waals surface area (Å²) in [6.45, 7) is 5.14. The summed E-state index contributed by atoms with van der Waals surface area (Å²) in [5.41, 5.74) is 0.678. The number of halogens is 1. The Morgan fingerprint density at radius 1 is 1.40 bits per heavy atom. The first kappa shape index (κ1) is 16.9. The molecule has 0 aromatic heterocycles. The minimum Gasteiger partial charge on any atom is -0.375 e. The number of likely N-dealkylation sites (N-methyl/N-ethyl adjacent to an activating group) is 1. The van der Waals surface area contributed by atoms with E-state index in [0.717, 1.165) is 17.4 Å². The van der Waals surface area contributed by atoms with Gasteiger partial charge in [0.2, 0.25) is 0 Å². The lowest BCUT2D eigenvalue weighted by atomic mass is 10.0. The Morgan fingerprint density at radius 2 is 2.05 bits per heavy atom. The van der Waals surface area contributed by atoms with Crippen LogP contribution in [0.2, 0.25) is 0 Å². The number of anilines is 1. The van der Waals surface area contributed by atoms with Crippen LogP contribution in [0.5, 0.6) is 0 Å². The monoisotopic (exact) mass is 343 g/mol. The molecule has 0 saturated heterocycles. The second kappa shape index (κ2) is 7.59. The highest BCUT2D eigenvalue weighted by Gasteiger charge is 2.18. The van der Waals surface area contributed by atoms with Gasteiger partial charge in [-0.15, -0.1) is 0 Å². The SMILES string of the molecule is CC(C)CC(CN(C)C)Nc1cc(Br)ccc1[N+](=O)[O-]. The van der Waals surface area contributed by atoms with Gasteiger partial charge in [0.1, 0.15) is 5.69 Å². The molecule has 0 amide bonds. The molecule has 5 nitrogen and oxygen atoms in total. The molecular formula is C14H22BrN3O2. The van der Waals surface area contributed by atoms with Crippen LogP contribution in [0.4, 0.5) is 11.4 Å². The fourth-order valence-electron chi connectivity index (χ4n) is 2.19. The highest BCUT2D eigenvalue weighted by atomic mass is 79.9. The molecule has 6 heteroatoms. The number of benzene rings is 1. The lowest BCUT2D eigenvalue weighted by Crippen LogP contribution is -2.33. The van der Waals surface area contributed by atoms with Crippen molar-refractivity contribution in [3.63, 3.8) is 0 Å². The third-order valence-corrected chi connectivity index (χ3v) is 3.35. The van der Waals surface area contributed by atoms with Gasteiger partial charge in [0, 0.05) is 23.1 Å². The largest absolute Gasteiger partial charge is 0.375 e. The first-order valence-electron chi connectivity index (χ1n) is 6.64. The van der Waals surface area contributed by atoms with Gasteiger partial charge in [0.05, 0.1) is 4.92 Å². The summed E-state index contributed by atoms with van der Waals surface area (Å²) in [6, 6.07) is 5.15. The first-order chi connectivity index (χ1) is 9.29. The summed E-state index contributed by atoms with van der Waals surface area (Å²) in [6.07, 6.45) is 0.960. The van der Waals surface area contributed by atoms with Crippen molar-refractivity contribution >= 4 is 27.3 Å². The second-order valence-electron chi connectivity index (χ2n) is 5.65. The topological polar surface area (TPSA) is 58.4 Å². The summed E-state index contributed by atoms with van der Waals surface area (Å²) in [5.74, 6) is 0.527. The van der Waals surface area contributed by atoms with E-state index >= 15 is 0 Å². The van der Waals surface area contributed by atoms with Crippen molar-refractivity contribution in [1.82, 2.24) is 4.90 Å². The van der Waals surface area contributed by atoms with Crippen LogP contribution >= 0.6 is 15.9 Å². The molecule has 1 atom stereocenters. The molecule has 0 bridgehead atoms. The van der Waals surface area contributed by atoms with Crippen molar-refractivity contribution in [3.8, 4) is 0 Å². The van der Waals surface area contributed by atoms with E-state index in [2.05, 4.69) is 40.0 Å². The summed E-state index contributed by atoms with van der Waals surface area (Å²) in [7, 11) is 4.01. The number of nitro groups is 1. The van der Waals surface area contributed by atoms with Gasteiger partial charge in [0.25, 0.3) is 5.69 Å². The fraction of sp³-hybridized carbons (Fsp3) is 0.571. The molecule has 0 aliphatic rings. The number of rotatable bonds is 7. The highest BCUT2D eigenvalue weighted by Crippen LogP contribution is 2.29. The summed E-state index contributed by atoms with van der Waals surface area (Å²) >= 11 is 3.36. The molecule has 1 rings (SSSR count). The summed E-state index contributed by atoms with van der Waals surface area (Å²) in [4.78, 5) is 12.8. The Morgan fingerprint density at radius 3 is 2.55 bits per heavy atom. The van der Waals surface area contributed by atoms with Crippen LogP contribution in [-0.2, 0) is 0 Å². The van der Waals surface area contributed by atoms with Crippen molar-refractivity contribution in [3.05, 3.63) is 32.8 Å². The van der Waals surface area contributed by atoms with Gasteiger partial charge in [-0.25, -0.2) is 0 Å². The van der Waals surface area contributed by atoms with Gasteiger partial charge in [-0.3, -0.25) is 10.1 Å². The second-order valence-corrected chi connectivity index (χ2v) is 6.57. The Bertz CT molecular complexity index is 454. The van der Waals surface area contributed by atoms with Crippen molar-refractivity contribution in [2.75, 3.05) is 26.0 Å². The van der Waals surface area contributed by atoms with Crippen LogP contribution in [0.1, 0.15) is 20.3 Å². The predicted molar refractivity (Wildman–Crippen MR) is 86.2 cm³/mol. The van der Waals surface area contributed by atoms with E-state index < -0.39 is 0 Å². The van der Waals surface area contributed by atoms with Crippen LogP contribution in [0.15, 0.2) is 22.7 Å². The van der Waals surface area contributed by atoms with E-state index in [-0.39, 0.29) is 16.7 Å². The number of hydrogen-bond donors (Lipinski definition) is 1. The number of nitro benzene ring substituents is 1. The molecule has 1 unspecified atom stereocenters. The Labute approximate surface area is 128 Å². The van der Waals surface area contributed by atoms with Gasteiger partial charge in [0.15, 0.2) is 0 Å². The predicted octanol–water partition coefficient (Wildman–Crippen LogP) is 3.75. The fourth-order valence-corrected chi connectivity index (χ4v) is 2.55. The molecule has 0 fully saturated rings. The van der Waals surface area contributed by atoms with Crippen LogP contribution in [0.3, 0.4) is 0 Å². The van der Waals surface area contributed by atoms with Crippen molar-refractivity contribution < 1.29 is 4.92 Å². The zero-order chi connectivity index (χ0) is 15.3. The molecular weight excluding hydrogens is 322 g/mol. The molecule has 0 saturated carbocycles. The quantitative estimate of drug-likeness (QED) is 0.605. The van der Waals surface area contributed by atoms with E-state index in [1.165, 1.54) is 6.07 Å². The maximum atomic E-state index is 11.1. The molecule has 0 aliphatic heterocycles. The molecule has 0 radical (unpaired) electrons. The Kier molecular flexibility index (Phi) is 6.42. The van der Waals surface area contributed by atoms with Gasteiger partial charge in [-0.1, -0.05) is 29.8 Å². The van der Waals surface area contributed by atoms with Gasteiger partial charge in [-0.05, 0) is 38.6 Å². The number of nitrogens with zero attached hydrogens (tertiary/aromatic N) is 2. The maximum Gasteiger partial charge on any atom is 0.292 e. The zero-order valence-corrected chi connectivity index (χ0v) is 14.0. The van der Waals surface area contributed by atoms with Crippen LogP contribution < -0.4 is 5.32 Å². The van der Waals surface area contributed by atoms with Crippen molar-refractivity contribution in [2.45, 2.75) is 26.3 Å². The van der Waals surface area contributed by atoms with E-state index in [9.17, 15) is 10.1 Å². The van der Waals surface area contributed by atoms with Crippen LogP contribution in [0, 0.1) is 16.0 Å². The molecule has 0 spiro atoms. The van der Waals surface area contributed by atoms with E-state index in [0.29, 0.717) is 11.6 Å². The van der Waals surface area contributed by atoms with Gasteiger partial charge < -0.3 is 10.2 Å². The summed E-state index contributed by atoms with van der Waals surface area (Å²) in [5, 5.41) is 14.4. The van der Waals surface area contributed by atoms with Crippen molar-refractivity contribution in [1.29, 1.82) is 0 Å². The maximum absolute atomic E-state index is 11.1. The van der Waals surface area contributed by atoms with E-state index in [1.807, 2.05) is 14.1 Å². The molecule has 20 heavy (non-hydrogen) atoms. The summed E-state index contributed by atoms with van der Waals surface area (Å²) < 4.78 is 0.832. The lowest BCUT2D eigenvalue weighted by molar-refractivity contribution is -0.384. The highest BCUT2D eigenvalue weighted by molar-refractivity contribution is 9.10. The smallest absolute Gasteiger partial charge is 0.292 e. The number of nitrogens with one attached hydrogen (secondary N) is 1. The minimum absolute atomic E-state index is 0.112. The lowest BCUT2D eigenvalue weighted by Gasteiger charge is -2.24. The van der Waals surface area contributed by atoms with Gasteiger partial charge >= 0.3 is 0 Å². The average Bonchev–Trinajstić information content (AvgIpc) is 2.26. The van der Waals surface area contributed by atoms with E-state index in [1.54, 1.807) is 12.1 Å². The van der Waals surface area contributed by atoms with Gasteiger partial charge in [-0.2, -0.15) is 0 Å². The normalized spacial score (nSPS) is 12.8. The van der Waals surface area contributed by atoms with Crippen LogP contribution in [0.25, 0.3) is 0 Å². The molecule has 1 aromatic rings. The Hall–Kier alpha value is -1.14. The van der Waals surface area contributed by atoms with Crippen LogP contribution in [-0.4, -0.2) is 36.5 Å². The Balaban J connectivity index is 2.96. The number of hydrogen-bond acceptors (Lipinski definition) is 4. The molecule has 1 aromatic carbocycles. The molecule has 112 valence electrons.